The van der Waals surface area contributed by atoms with Gasteiger partial charge in [-0.25, -0.2) is 0 Å². The Balaban J connectivity index is 0.00000261. The van der Waals surface area contributed by atoms with E-state index in [1.165, 1.54) is 16.5 Å². The van der Waals surface area contributed by atoms with Crippen molar-refractivity contribution in [1.82, 2.24) is 4.98 Å². The van der Waals surface area contributed by atoms with E-state index in [9.17, 15) is 0 Å². The van der Waals surface area contributed by atoms with E-state index in [0.717, 1.165) is 18.5 Å². The molecule has 4 N–H and O–H groups in total. The zero-order valence-corrected chi connectivity index (χ0v) is 17.8. The summed E-state index contributed by atoms with van der Waals surface area (Å²) in [6.07, 6.45) is 3.95. The first-order valence-electron chi connectivity index (χ1n) is 8.55. The molecule has 144 valence electrons. The Kier molecular flexibility index (Phi) is 7.78. The molecule has 1 aromatic heterocycles. The highest BCUT2D eigenvalue weighted by Crippen LogP contribution is 2.29. The molecule has 0 aliphatic carbocycles. The van der Waals surface area contributed by atoms with Crippen LogP contribution in [0.15, 0.2) is 53.7 Å². The fraction of sp³-hybridized carbons (Fsp3) is 0.250. The third-order valence-electron chi connectivity index (χ3n) is 4.22. The number of benzene rings is 2. The zero-order chi connectivity index (χ0) is 18.4. The van der Waals surface area contributed by atoms with Crippen LogP contribution in [0.3, 0.4) is 0 Å². The predicted octanol–water partition coefficient (Wildman–Crippen LogP) is 4.16. The van der Waals surface area contributed by atoms with Crippen LogP contribution in [0.4, 0.5) is 5.69 Å². The third kappa shape index (κ3) is 5.29. The van der Waals surface area contributed by atoms with E-state index < -0.39 is 0 Å². The molecule has 0 saturated heterocycles. The lowest BCUT2D eigenvalue weighted by Crippen LogP contribution is -2.22. The number of aliphatic imine (C=N–C) groups is 1. The minimum absolute atomic E-state index is 0. The van der Waals surface area contributed by atoms with Crippen LogP contribution in [-0.2, 0) is 6.42 Å². The highest BCUT2D eigenvalue weighted by Gasteiger charge is 2.05. The summed E-state index contributed by atoms with van der Waals surface area (Å²) in [6.45, 7) is 0.658. The van der Waals surface area contributed by atoms with Crippen LogP contribution in [0.25, 0.3) is 10.9 Å². The number of aryl methyl sites for hydroxylation is 1. The quantitative estimate of drug-likeness (QED) is 0.205. The summed E-state index contributed by atoms with van der Waals surface area (Å²) in [5.74, 6) is 1.70. The molecule has 7 heteroatoms. The van der Waals surface area contributed by atoms with E-state index in [2.05, 4.69) is 39.7 Å². The summed E-state index contributed by atoms with van der Waals surface area (Å²) in [5, 5.41) is 4.35. The first kappa shape index (κ1) is 20.9. The van der Waals surface area contributed by atoms with E-state index in [4.69, 9.17) is 15.2 Å². The van der Waals surface area contributed by atoms with Crippen molar-refractivity contribution in [3.8, 4) is 11.5 Å². The molecule has 0 radical (unpaired) electrons. The van der Waals surface area contributed by atoms with E-state index >= 15 is 0 Å². The molecule has 0 saturated carbocycles. The van der Waals surface area contributed by atoms with Crippen LogP contribution in [0.2, 0.25) is 0 Å². The number of aromatic nitrogens is 1. The Labute approximate surface area is 176 Å². The van der Waals surface area contributed by atoms with Gasteiger partial charge in [-0.05, 0) is 36.6 Å². The van der Waals surface area contributed by atoms with E-state index in [1.807, 2.05) is 24.3 Å². The Morgan fingerprint density at radius 2 is 1.89 bits per heavy atom. The number of halogens is 1. The number of anilines is 1. The molecule has 0 bridgehead atoms. The van der Waals surface area contributed by atoms with Crippen molar-refractivity contribution in [2.75, 3.05) is 26.1 Å². The lowest BCUT2D eigenvalue weighted by Gasteiger charge is -2.10. The van der Waals surface area contributed by atoms with Gasteiger partial charge in [-0.1, -0.05) is 18.2 Å². The molecule has 1 heterocycles. The number of para-hydroxylation sites is 1. The number of hydrogen-bond donors (Lipinski definition) is 3. The van der Waals surface area contributed by atoms with Crippen molar-refractivity contribution in [3.05, 3.63) is 54.2 Å². The molecule has 3 rings (SSSR count). The fourth-order valence-electron chi connectivity index (χ4n) is 2.91. The van der Waals surface area contributed by atoms with Crippen molar-refractivity contribution in [2.24, 2.45) is 10.7 Å². The number of fused-ring (bicyclic) bond motifs is 1. The minimum atomic E-state index is 0. The number of nitrogens with two attached hydrogens (primary N) is 1. The number of guanidine groups is 1. The second kappa shape index (κ2) is 10.1. The summed E-state index contributed by atoms with van der Waals surface area (Å²) in [6, 6.07) is 13.8. The van der Waals surface area contributed by atoms with Crippen LogP contribution in [0.1, 0.15) is 12.0 Å². The predicted molar refractivity (Wildman–Crippen MR) is 122 cm³/mol. The van der Waals surface area contributed by atoms with Gasteiger partial charge < -0.3 is 25.5 Å². The molecule has 0 atom stereocenters. The second-order valence-electron chi connectivity index (χ2n) is 5.92. The first-order chi connectivity index (χ1) is 12.7. The minimum Gasteiger partial charge on any atom is -0.493 e. The molecule has 0 unspecified atom stereocenters. The topological polar surface area (TPSA) is 84.7 Å². The second-order valence-corrected chi connectivity index (χ2v) is 5.92. The third-order valence-corrected chi connectivity index (χ3v) is 4.22. The normalized spacial score (nSPS) is 11.1. The molecule has 27 heavy (non-hydrogen) atoms. The maximum absolute atomic E-state index is 5.98. The SMILES string of the molecule is COc1ccc(NC(N)=NCCCc2c[nH]c3ccccc23)cc1OC.I. The lowest BCUT2D eigenvalue weighted by atomic mass is 10.1. The number of H-pyrrole nitrogens is 1. The number of rotatable bonds is 7. The molecule has 0 fully saturated rings. The number of ether oxygens (including phenoxy) is 2. The van der Waals surface area contributed by atoms with Gasteiger partial charge in [0.15, 0.2) is 17.5 Å². The van der Waals surface area contributed by atoms with Crippen molar-refractivity contribution < 1.29 is 9.47 Å². The van der Waals surface area contributed by atoms with Gasteiger partial charge in [-0.3, -0.25) is 4.99 Å². The molecule has 6 nitrogen and oxygen atoms in total. The largest absolute Gasteiger partial charge is 0.493 e. The van der Waals surface area contributed by atoms with Gasteiger partial charge in [-0.2, -0.15) is 0 Å². The van der Waals surface area contributed by atoms with E-state index in [0.29, 0.717) is 24.0 Å². The van der Waals surface area contributed by atoms with Crippen molar-refractivity contribution >= 4 is 46.5 Å². The summed E-state index contributed by atoms with van der Waals surface area (Å²) >= 11 is 0. The van der Waals surface area contributed by atoms with Crippen LogP contribution in [0.5, 0.6) is 11.5 Å². The standard InChI is InChI=1S/C20H24N4O2.HI/c1-25-18-10-9-15(12-19(18)26-2)24-20(21)22-11-5-6-14-13-23-17-8-4-3-7-16(14)17;/h3-4,7-10,12-13,23H,5-6,11H2,1-2H3,(H3,21,22,24);1H. The molecular formula is C20H25IN4O2. The number of hydrogen-bond acceptors (Lipinski definition) is 3. The highest BCUT2D eigenvalue weighted by molar-refractivity contribution is 14.0. The van der Waals surface area contributed by atoms with Gasteiger partial charge in [0, 0.05) is 35.4 Å². The number of aromatic amines is 1. The monoisotopic (exact) mass is 480 g/mol. The summed E-state index contributed by atoms with van der Waals surface area (Å²) in [4.78, 5) is 7.69. The van der Waals surface area contributed by atoms with Gasteiger partial charge in [0.1, 0.15) is 0 Å². The Morgan fingerprint density at radius 3 is 2.67 bits per heavy atom. The smallest absolute Gasteiger partial charge is 0.193 e. The molecule has 2 aromatic carbocycles. The molecular weight excluding hydrogens is 455 g/mol. The molecule has 0 aliphatic rings. The van der Waals surface area contributed by atoms with Gasteiger partial charge in [0.25, 0.3) is 0 Å². The Morgan fingerprint density at radius 1 is 1.11 bits per heavy atom. The molecule has 0 aliphatic heterocycles. The number of nitrogens with one attached hydrogen (secondary N) is 2. The van der Waals surface area contributed by atoms with Gasteiger partial charge in [-0.15, -0.1) is 24.0 Å². The van der Waals surface area contributed by atoms with E-state index in [-0.39, 0.29) is 24.0 Å². The summed E-state index contributed by atoms with van der Waals surface area (Å²) in [5.41, 5.74) is 9.26. The Hall–Kier alpha value is -2.42. The summed E-state index contributed by atoms with van der Waals surface area (Å²) < 4.78 is 10.5. The highest BCUT2D eigenvalue weighted by atomic mass is 127. The van der Waals surface area contributed by atoms with Crippen molar-refractivity contribution in [3.63, 3.8) is 0 Å². The van der Waals surface area contributed by atoms with Crippen LogP contribution in [-0.4, -0.2) is 31.7 Å². The molecule has 0 spiro atoms. The van der Waals surface area contributed by atoms with Gasteiger partial charge in [0.2, 0.25) is 0 Å². The fourth-order valence-corrected chi connectivity index (χ4v) is 2.91. The van der Waals surface area contributed by atoms with Crippen LogP contribution < -0.4 is 20.5 Å². The molecule has 3 aromatic rings. The van der Waals surface area contributed by atoms with E-state index in [1.54, 1.807) is 14.2 Å². The Bertz CT molecular complexity index is 908. The maximum atomic E-state index is 5.98. The average molecular weight is 480 g/mol. The maximum Gasteiger partial charge on any atom is 0.193 e. The number of methoxy groups -OCH3 is 2. The lowest BCUT2D eigenvalue weighted by molar-refractivity contribution is 0.355. The van der Waals surface area contributed by atoms with Gasteiger partial charge in [0.05, 0.1) is 14.2 Å². The number of nitrogens with zero attached hydrogens (tertiary/aromatic N) is 1. The zero-order valence-electron chi connectivity index (χ0n) is 15.5. The summed E-state index contributed by atoms with van der Waals surface area (Å²) in [7, 11) is 3.21. The van der Waals surface area contributed by atoms with Crippen molar-refractivity contribution in [1.29, 1.82) is 0 Å². The first-order valence-corrected chi connectivity index (χ1v) is 8.55. The molecule has 0 amide bonds. The van der Waals surface area contributed by atoms with Gasteiger partial charge >= 0.3 is 0 Å². The van der Waals surface area contributed by atoms with Crippen molar-refractivity contribution in [2.45, 2.75) is 12.8 Å². The average Bonchev–Trinajstić information content (AvgIpc) is 3.08. The van der Waals surface area contributed by atoms with Crippen LogP contribution >= 0.6 is 24.0 Å². The van der Waals surface area contributed by atoms with Crippen LogP contribution in [0, 0.1) is 0 Å².